The molecule has 4 heteroatoms. The molecule has 4 nitrogen and oxygen atoms in total. The summed E-state index contributed by atoms with van der Waals surface area (Å²) in [5, 5.41) is 9.01. The van der Waals surface area contributed by atoms with Crippen LogP contribution in [0.1, 0.15) is 44.2 Å². The van der Waals surface area contributed by atoms with E-state index >= 15 is 0 Å². The maximum Gasteiger partial charge on any atom is 0.129 e. The van der Waals surface area contributed by atoms with Gasteiger partial charge in [0.15, 0.2) is 0 Å². The van der Waals surface area contributed by atoms with Crippen LogP contribution < -0.4 is 10.6 Å². The summed E-state index contributed by atoms with van der Waals surface area (Å²) in [5.74, 6) is 1.00. The van der Waals surface area contributed by atoms with Gasteiger partial charge in [-0.3, -0.25) is 0 Å². The number of nitrogens with zero attached hydrogens (tertiary/aromatic N) is 2. The van der Waals surface area contributed by atoms with Crippen LogP contribution in [0.25, 0.3) is 0 Å². The van der Waals surface area contributed by atoms with Gasteiger partial charge in [-0.25, -0.2) is 4.98 Å². The molecule has 0 aromatic carbocycles. The summed E-state index contributed by atoms with van der Waals surface area (Å²) in [6.45, 7) is 3.09. The van der Waals surface area contributed by atoms with E-state index in [1.54, 1.807) is 0 Å². The molecular formula is C14H23N3O. The Labute approximate surface area is 109 Å². The van der Waals surface area contributed by atoms with Crippen molar-refractivity contribution in [1.29, 1.82) is 0 Å². The van der Waals surface area contributed by atoms with E-state index in [1.165, 1.54) is 19.3 Å². The maximum atomic E-state index is 9.01. The standard InChI is InChI=1S/C14H23N3O/c1-11(15)12-6-7-16-14(10-12)17(8-3-9-18)13-4-2-5-13/h6-7,10-11,13,18H,2-5,8-9,15H2,1H3/t11-/m1/s1. The number of aliphatic hydroxyl groups is 1. The van der Waals surface area contributed by atoms with Gasteiger partial charge >= 0.3 is 0 Å². The first-order valence-electron chi connectivity index (χ1n) is 6.81. The van der Waals surface area contributed by atoms with E-state index in [2.05, 4.69) is 16.0 Å². The van der Waals surface area contributed by atoms with Crippen LogP contribution in [0.5, 0.6) is 0 Å². The molecule has 0 saturated heterocycles. The minimum atomic E-state index is 0.0350. The molecule has 1 aromatic rings. The fourth-order valence-corrected chi connectivity index (χ4v) is 2.30. The van der Waals surface area contributed by atoms with Crippen LogP contribution in [-0.4, -0.2) is 29.3 Å². The first-order valence-corrected chi connectivity index (χ1v) is 6.81. The number of anilines is 1. The highest BCUT2D eigenvalue weighted by molar-refractivity contribution is 5.43. The molecule has 1 aromatic heterocycles. The van der Waals surface area contributed by atoms with Crippen molar-refractivity contribution in [1.82, 2.24) is 4.98 Å². The molecule has 1 fully saturated rings. The Hall–Kier alpha value is -1.13. The van der Waals surface area contributed by atoms with Crippen molar-refractivity contribution in [2.75, 3.05) is 18.1 Å². The zero-order chi connectivity index (χ0) is 13.0. The van der Waals surface area contributed by atoms with Crippen LogP contribution in [0.3, 0.4) is 0 Å². The van der Waals surface area contributed by atoms with Gasteiger partial charge in [0.2, 0.25) is 0 Å². The van der Waals surface area contributed by atoms with Crippen molar-refractivity contribution in [3.05, 3.63) is 23.9 Å². The first-order chi connectivity index (χ1) is 8.72. The molecule has 0 unspecified atom stereocenters. The third-order valence-electron chi connectivity index (χ3n) is 3.66. The summed E-state index contributed by atoms with van der Waals surface area (Å²) in [4.78, 5) is 6.79. The Morgan fingerprint density at radius 3 is 2.89 bits per heavy atom. The van der Waals surface area contributed by atoms with Crippen molar-refractivity contribution in [3.8, 4) is 0 Å². The first kappa shape index (κ1) is 13.3. The Bertz CT molecular complexity index is 377. The highest BCUT2D eigenvalue weighted by Gasteiger charge is 2.25. The van der Waals surface area contributed by atoms with Crippen LogP contribution in [0.2, 0.25) is 0 Å². The van der Waals surface area contributed by atoms with Gasteiger partial charge in [0.25, 0.3) is 0 Å². The second-order valence-electron chi connectivity index (χ2n) is 5.09. The SMILES string of the molecule is C[C@@H](N)c1ccnc(N(CCCO)C2CCC2)c1. The molecule has 0 amide bonds. The van der Waals surface area contributed by atoms with Gasteiger partial charge in [0.05, 0.1) is 0 Å². The van der Waals surface area contributed by atoms with E-state index in [1.807, 2.05) is 19.2 Å². The molecular weight excluding hydrogens is 226 g/mol. The van der Waals surface area contributed by atoms with Gasteiger partial charge in [-0.15, -0.1) is 0 Å². The van der Waals surface area contributed by atoms with Crippen molar-refractivity contribution in [2.24, 2.45) is 5.73 Å². The second kappa shape index (κ2) is 6.16. The summed E-state index contributed by atoms with van der Waals surface area (Å²) in [6, 6.07) is 4.68. The van der Waals surface area contributed by atoms with Gasteiger partial charge in [-0.2, -0.15) is 0 Å². The van der Waals surface area contributed by atoms with E-state index in [4.69, 9.17) is 10.8 Å². The number of hydrogen-bond acceptors (Lipinski definition) is 4. The highest BCUT2D eigenvalue weighted by atomic mass is 16.3. The number of pyridine rings is 1. The minimum Gasteiger partial charge on any atom is -0.396 e. The van der Waals surface area contributed by atoms with Crippen LogP contribution in [0.4, 0.5) is 5.82 Å². The van der Waals surface area contributed by atoms with Gasteiger partial charge in [0.1, 0.15) is 5.82 Å². The summed E-state index contributed by atoms with van der Waals surface area (Å²) in [5.41, 5.74) is 7.04. The van der Waals surface area contributed by atoms with Crippen LogP contribution in [0.15, 0.2) is 18.3 Å². The third kappa shape index (κ3) is 3.00. The fraction of sp³-hybridized carbons (Fsp3) is 0.643. The van der Waals surface area contributed by atoms with Crippen molar-refractivity contribution >= 4 is 5.82 Å². The average molecular weight is 249 g/mol. The van der Waals surface area contributed by atoms with Crippen LogP contribution in [0, 0.1) is 0 Å². The summed E-state index contributed by atoms with van der Waals surface area (Å²) < 4.78 is 0. The minimum absolute atomic E-state index is 0.0350. The predicted octanol–water partition coefficient (Wildman–Crippen LogP) is 1.84. The van der Waals surface area contributed by atoms with Crippen molar-refractivity contribution < 1.29 is 5.11 Å². The molecule has 18 heavy (non-hydrogen) atoms. The Morgan fingerprint density at radius 1 is 1.56 bits per heavy atom. The molecule has 3 N–H and O–H groups in total. The van der Waals surface area contributed by atoms with Gasteiger partial charge in [-0.1, -0.05) is 0 Å². The topological polar surface area (TPSA) is 62.4 Å². The molecule has 0 spiro atoms. The Kier molecular flexibility index (Phi) is 4.55. The lowest BCUT2D eigenvalue weighted by molar-refractivity contribution is 0.282. The lowest BCUT2D eigenvalue weighted by Gasteiger charge is -2.38. The largest absolute Gasteiger partial charge is 0.396 e. The molecule has 1 aliphatic carbocycles. The van der Waals surface area contributed by atoms with Crippen molar-refractivity contribution in [2.45, 2.75) is 44.7 Å². The van der Waals surface area contributed by atoms with E-state index in [9.17, 15) is 0 Å². The van der Waals surface area contributed by atoms with E-state index in [-0.39, 0.29) is 12.6 Å². The lowest BCUT2D eigenvalue weighted by atomic mass is 9.91. The van der Waals surface area contributed by atoms with E-state index < -0.39 is 0 Å². The molecule has 2 rings (SSSR count). The van der Waals surface area contributed by atoms with E-state index in [0.717, 1.165) is 24.3 Å². The van der Waals surface area contributed by atoms with Crippen LogP contribution >= 0.6 is 0 Å². The zero-order valence-electron chi connectivity index (χ0n) is 11.0. The number of aromatic nitrogens is 1. The van der Waals surface area contributed by atoms with Crippen molar-refractivity contribution in [3.63, 3.8) is 0 Å². The molecule has 1 heterocycles. The smallest absolute Gasteiger partial charge is 0.129 e. The van der Waals surface area contributed by atoms with E-state index in [0.29, 0.717) is 6.04 Å². The summed E-state index contributed by atoms with van der Waals surface area (Å²) >= 11 is 0. The number of rotatable bonds is 6. The molecule has 0 bridgehead atoms. The summed E-state index contributed by atoms with van der Waals surface area (Å²) in [7, 11) is 0. The maximum absolute atomic E-state index is 9.01. The predicted molar refractivity (Wildman–Crippen MR) is 73.5 cm³/mol. The number of nitrogens with two attached hydrogens (primary N) is 1. The average Bonchev–Trinajstić information content (AvgIpc) is 2.32. The van der Waals surface area contributed by atoms with Gasteiger partial charge in [0, 0.05) is 31.4 Å². The fourth-order valence-electron chi connectivity index (χ4n) is 2.30. The third-order valence-corrected chi connectivity index (χ3v) is 3.66. The Morgan fingerprint density at radius 2 is 2.33 bits per heavy atom. The lowest BCUT2D eigenvalue weighted by Crippen LogP contribution is -2.41. The molecule has 1 saturated carbocycles. The van der Waals surface area contributed by atoms with Gasteiger partial charge in [-0.05, 0) is 50.3 Å². The number of aliphatic hydroxyl groups excluding tert-OH is 1. The molecule has 1 aliphatic rings. The highest BCUT2D eigenvalue weighted by Crippen LogP contribution is 2.29. The number of hydrogen-bond donors (Lipinski definition) is 2. The molecule has 0 radical (unpaired) electrons. The molecule has 1 atom stereocenters. The molecule has 0 aliphatic heterocycles. The normalized spacial score (nSPS) is 17.3. The van der Waals surface area contributed by atoms with Gasteiger partial charge < -0.3 is 15.7 Å². The monoisotopic (exact) mass is 249 g/mol. The zero-order valence-corrected chi connectivity index (χ0v) is 11.0. The van der Waals surface area contributed by atoms with Crippen LogP contribution in [-0.2, 0) is 0 Å². The Balaban J connectivity index is 2.15. The molecule has 100 valence electrons. The second-order valence-corrected chi connectivity index (χ2v) is 5.09. The quantitative estimate of drug-likeness (QED) is 0.807. The summed E-state index contributed by atoms with van der Waals surface area (Å²) in [6.07, 6.45) is 6.39.